The molecule has 1 aromatic heterocycles. The van der Waals surface area contributed by atoms with Crippen LogP contribution in [0.5, 0.6) is 0 Å². The molecule has 0 radical (unpaired) electrons. The van der Waals surface area contributed by atoms with Gasteiger partial charge in [0.2, 0.25) is 5.91 Å². The first-order valence-corrected chi connectivity index (χ1v) is 9.27. The molecule has 1 aliphatic heterocycles. The van der Waals surface area contributed by atoms with Gasteiger partial charge in [0.1, 0.15) is 23.4 Å². The number of hydrogen-bond donors (Lipinski definition) is 3. The highest BCUT2D eigenvalue weighted by atomic mass is 19.1. The first-order valence-electron chi connectivity index (χ1n) is 9.27. The van der Waals surface area contributed by atoms with Crippen LogP contribution in [-0.2, 0) is 4.79 Å². The number of piperazine rings is 1. The Balaban J connectivity index is 1.77. The second-order valence-electron chi connectivity index (χ2n) is 6.73. The number of amides is 2. The van der Waals surface area contributed by atoms with Crippen LogP contribution in [0, 0.1) is 29.9 Å². The molecule has 29 heavy (non-hydrogen) atoms. The predicted molar refractivity (Wildman–Crippen MR) is 102 cm³/mol. The average molecular weight is 401 g/mol. The largest absolute Gasteiger partial charge is 0.352 e. The molecule has 0 unspecified atom stereocenters. The van der Waals surface area contributed by atoms with Crippen LogP contribution in [0.25, 0.3) is 11.1 Å². The van der Waals surface area contributed by atoms with E-state index in [1.807, 2.05) is 6.07 Å². The Hall–Kier alpha value is -3.25. The number of nitrogens with one attached hydrogen (secondary N) is 3. The third-order valence-corrected chi connectivity index (χ3v) is 4.93. The molecule has 1 fully saturated rings. The highest BCUT2D eigenvalue weighted by Crippen LogP contribution is 2.33. The minimum absolute atomic E-state index is 0.00374. The van der Waals surface area contributed by atoms with E-state index >= 15 is 0 Å². The van der Waals surface area contributed by atoms with Gasteiger partial charge in [0.05, 0.1) is 5.56 Å². The van der Waals surface area contributed by atoms with Crippen LogP contribution in [0.1, 0.15) is 28.0 Å². The molecule has 0 atom stereocenters. The summed E-state index contributed by atoms with van der Waals surface area (Å²) in [5.41, 5.74) is -0.148. The molecule has 2 amide bonds. The van der Waals surface area contributed by atoms with Gasteiger partial charge in [-0.05, 0) is 24.6 Å². The lowest BCUT2D eigenvalue weighted by atomic mass is 9.96. The number of carbonyl (C=O) groups excluding carboxylic acids is 2. The van der Waals surface area contributed by atoms with Crippen LogP contribution in [0.4, 0.5) is 8.78 Å². The summed E-state index contributed by atoms with van der Waals surface area (Å²) >= 11 is 0. The van der Waals surface area contributed by atoms with Crippen molar-refractivity contribution in [2.24, 2.45) is 0 Å². The van der Waals surface area contributed by atoms with Crippen LogP contribution in [0.3, 0.4) is 0 Å². The van der Waals surface area contributed by atoms with Crippen molar-refractivity contribution >= 4 is 11.8 Å². The van der Waals surface area contributed by atoms with Gasteiger partial charge in [-0.2, -0.15) is 5.26 Å². The van der Waals surface area contributed by atoms with Gasteiger partial charge in [-0.25, -0.2) is 8.78 Å². The van der Waals surface area contributed by atoms with E-state index < -0.39 is 17.5 Å². The van der Waals surface area contributed by atoms with Gasteiger partial charge < -0.3 is 20.5 Å². The molecule has 152 valence electrons. The molecular weight excluding hydrogens is 380 g/mol. The molecule has 1 aromatic carbocycles. The number of carbonyl (C=O) groups is 2. The van der Waals surface area contributed by atoms with Crippen molar-refractivity contribution in [2.45, 2.75) is 13.3 Å². The number of H-pyrrole nitrogens is 1. The molecule has 1 saturated heterocycles. The zero-order valence-corrected chi connectivity index (χ0v) is 15.9. The topological polar surface area (TPSA) is 101 Å². The molecular formula is C20H21F2N5O2. The van der Waals surface area contributed by atoms with E-state index in [9.17, 15) is 23.6 Å². The van der Waals surface area contributed by atoms with Gasteiger partial charge in [0.15, 0.2) is 0 Å². The van der Waals surface area contributed by atoms with E-state index in [2.05, 4.69) is 15.6 Å². The second-order valence-corrected chi connectivity index (χ2v) is 6.73. The minimum Gasteiger partial charge on any atom is -0.352 e. The van der Waals surface area contributed by atoms with E-state index in [1.54, 1.807) is 4.90 Å². The van der Waals surface area contributed by atoms with E-state index in [0.29, 0.717) is 13.1 Å². The molecule has 7 nitrogen and oxygen atoms in total. The maximum absolute atomic E-state index is 14.4. The SMILES string of the molecule is Cc1c(F)ccc(F)c1-c1c(C(=O)NCCC(=O)N2CCNCC2)c[nH]c1C#N. The molecule has 0 saturated carbocycles. The van der Waals surface area contributed by atoms with Gasteiger partial charge in [-0.15, -0.1) is 0 Å². The third-order valence-electron chi connectivity index (χ3n) is 4.93. The summed E-state index contributed by atoms with van der Waals surface area (Å²) in [4.78, 5) is 29.2. The van der Waals surface area contributed by atoms with Crippen molar-refractivity contribution in [1.29, 1.82) is 5.26 Å². The Morgan fingerprint density at radius 1 is 1.21 bits per heavy atom. The zero-order valence-electron chi connectivity index (χ0n) is 15.9. The van der Waals surface area contributed by atoms with Crippen molar-refractivity contribution in [3.05, 3.63) is 46.8 Å². The normalized spacial score (nSPS) is 13.8. The minimum atomic E-state index is -0.733. The molecule has 3 rings (SSSR count). The first kappa shape index (κ1) is 20.5. The van der Waals surface area contributed by atoms with Crippen molar-refractivity contribution < 1.29 is 18.4 Å². The fourth-order valence-corrected chi connectivity index (χ4v) is 3.36. The van der Waals surface area contributed by atoms with Gasteiger partial charge in [-0.1, -0.05) is 0 Å². The summed E-state index contributed by atoms with van der Waals surface area (Å²) in [6.07, 6.45) is 1.41. The van der Waals surface area contributed by atoms with Crippen LogP contribution >= 0.6 is 0 Å². The van der Waals surface area contributed by atoms with Crippen LogP contribution < -0.4 is 10.6 Å². The summed E-state index contributed by atoms with van der Waals surface area (Å²) in [6, 6.07) is 3.82. The van der Waals surface area contributed by atoms with Gasteiger partial charge in [0.25, 0.3) is 5.91 Å². The maximum atomic E-state index is 14.4. The second kappa shape index (κ2) is 8.84. The van der Waals surface area contributed by atoms with E-state index in [0.717, 1.165) is 25.2 Å². The van der Waals surface area contributed by atoms with Crippen molar-refractivity contribution in [3.63, 3.8) is 0 Å². The molecule has 3 N–H and O–H groups in total. The zero-order chi connectivity index (χ0) is 21.0. The van der Waals surface area contributed by atoms with Crippen molar-refractivity contribution in [3.8, 4) is 17.2 Å². The molecule has 9 heteroatoms. The first-order chi connectivity index (χ1) is 13.9. The highest BCUT2D eigenvalue weighted by molar-refractivity contribution is 6.02. The average Bonchev–Trinajstić information content (AvgIpc) is 3.15. The Bertz CT molecular complexity index is 974. The number of nitrogens with zero attached hydrogens (tertiary/aromatic N) is 2. The lowest BCUT2D eigenvalue weighted by Gasteiger charge is -2.27. The maximum Gasteiger partial charge on any atom is 0.253 e. The Labute approximate surface area is 166 Å². The summed E-state index contributed by atoms with van der Waals surface area (Å²) in [5.74, 6) is -2.01. The van der Waals surface area contributed by atoms with Crippen molar-refractivity contribution in [2.75, 3.05) is 32.7 Å². The monoisotopic (exact) mass is 401 g/mol. The molecule has 0 spiro atoms. The standard InChI is InChI=1S/C20H21F2N5O2/c1-12-14(21)2-3-15(22)18(12)19-13(11-26-16(19)10-23)20(29)25-5-4-17(28)27-8-6-24-7-9-27/h2-3,11,24,26H,4-9H2,1H3,(H,25,29). The lowest BCUT2D eigenvalue weighted by Crippen LogP contribution is -2.47. The Morgan fingerprint density at radius 2 is 1.90 bits per heavy atom. The molecule has 2 aromatic rings. The summed E-state index contributed by atoms with van der Waals surface area (Å²) in [5, 5.41) is 15.1. The summed E-state index contributed by atoms with van der Waals surface area (Å²) in [6.45, 7) is 4.20. The van der Waals surface area contributed by atoms with Gasteiger partial charge in [0, 0.05) is 56.5 Å². The van der Waals surface area contributed by atoms with Crippen LogP contribution in [0.2, 0.25) is 0 Å². The van der Waals surface area contributed by atoms with E-state index in [-0.39, 0.29) is 46.8 Å². The number of aromatic nitrogens is 1. The fourth-order valence-electron chi connectivity index (χ4n) is 3.36. The number of benzene rings is 1. The van der Waals surface area contributed by atoms with Crippen molar-refractivity contribution in [1.82, 2.24) is 20.5 Å². The summed E-state index contributed by atoms with van der Waals surface area (Å²) in [7, 11) is 0. The predicted octanol–water partition coefficient (Wildman–Crippen LogP) is 1.69. The molecule has 2 heterocycles. The van der Waals surface area contributed by atoms with Crippen LogP contribution in [0.15, 0.2) is 18.3 Å². The fraction of sp³-hybridized carbons (Fsp3) is 0.350. The smallest absolute Gasteiger partial charge is 0.253 e. The third kappa shape index (κ3) is 4.27. The molecule has 0 bridgehead atoms. The molecule has 1 aliphatic rings. The number of halogens is 2. The number of aromatic amines is 1. The van der Waals surface area contributed by atoms with E-state index in [1.165, 1.54) is 13.1 Å². The lowest BCUT2D eigenvalue weighted by molar-refractivity contribution is -0.131. The summed E-state index contributed by atoms with van der Waals surface area (Å²) < 4.78 is 28.4. The van der Waals surface area contributed by atoms with E-state index in [4.69, 9.17) is 0 Å². The Kier molecular flexibility index (Phi) is 6.24. The molecule has 0 aliphatic carbocycles. The number of rotatable bonds is 5. The van der Waals surface area contributed by atoms with Gasteiger partial charge in [-0.3, -0.25) is 9.59 Å². The number of hydrogen-bond acceptors (Lipinski definition) is 4. The highest BCUT2D eigenvalue weighted by Gasteiger charge is 2.24. The van der Waals surface area contributed by atoms with Gasteiger partial charge >= 0.3 is 0 Å². The quantitative estimate of drug-likeness (QED) is 0.710. The Morgan fingerprint density at radius 3 is 2.59 bits per heavy atom. The number of nitriles is 1. The van der Waals surface area contributed by atoms with Crippen LogP contribution in [-0.4, -0.2) is 54.4 Å².